The van der Waals surface area contributed by atoms with Gasteiger partial charge in [-0.15, -0.1) is 11.8 Å². The Morgan fingerprint density at radius 3 is 3.27 bits per heavy atom. The molecule has 78 valence electrons. The van der Waals surface area contributed by atoms with Crippen LogP contribution in [0.25, 0.3) is 0 Å². The quantitative estimate of drug-likeness (QED) is 0.570. The van der Waals surface area contributed by atoms with Crippen molar-refractivity contribution in [3.05, 3.63) is 29.6 Å². The molecule has 0 N–H and O–H groups in total. The van der Waals surface area contributed by atoms with Crippen molar-refractivity contribution in [3.8, 4) is 0 Å². The fourth-order valence-electron chi connectivity index (χ4n) is 1.77. The first kappa shape index (κ1) is 10.4. The van der Waals surface area contributed by atoms with E-state index in [0.717, 1.165) is 22.6 Å². The minimum atomic E-state index is -0.226. The molecule has 1 atom stereocenters. The average molecular weight is 223 g/mol. The molecule has 0 saturated heterocycles. The van der Waals surface area contributed by atoms with E-state index in [2.05, 4.69) is 4.99 Å². The van der Waals surface area contributed by atoms with E-state index in [9.17, 15) is 9.18 Å². The maximum atomic E-state index is 13.1. The van der Waals surface area contributed by atoms with Gasteiger partial charge in [-0.3, -0.25) is 0 Å². The standard InChI is InChI=1S/C11H10FNOS/c12-9-1-2-11-10(5-9)8(3-4-15-11)6-13-7-14/h1-2,5,8H,3-4,6H2. The molecular weight excluding hydrogens is 213 g/mol. The van der Waals surface area contributed by atoms with Gasteiger partial charge in [-0.2, -0.15) is 0 Å². The van der Waals surface area contributed by atoms with E-state index in [1.807, 2.05) is 0 Å². The lowest BCUT2D eigenvalue weighted by Gasteiger charge is -2.23. The van der Waals surface area contributed by atoms with Gasteiger partial charge in [0.25, 0.3) is 0 Å². The summed E-state index contributed by atoms with van der Waals surface area (Å²) in [5, 5.41) is 0. The monoisotopic (exact) mass is 223 g/mol. The minimum absolute atomic E-state index is 0.165. The summed E-state index contributed by atoms with van der Waals surface area (Å²) in [4.78, 5) is 14.7. The molecular formula is C11H10FNOS. The van der Waals surface area contributed by atoms with Gasteiger partial charge in [0.2, 0.25) is 6.08 Å². The third-order valence-corrected chi connectivity index (χ3v) is 3.63. The highest BCUT2D eigenvalue weighted by Gasteiger charge is 2.20. The Kier molecular flexibility index (Phi) is 3.19. The van der Waals surface area contributed by atoms with E-state index in [0.29, 0.717) is 6.54 Å². The Hall–Kier alpha value is -1.12. The van der Waals surface area contributed by atoms with E-state index in [1.54, 1.807) is 23.9 Å². The van der Waals surface area contributed by atoms with Crippen molar-refractivity contribution in [1.29, 1.82) is 0 Å². The third kappa shape index (κ3) is 2.28. The van der Waals surface area contributed by atoms with Crippen LogP contribution in [0.2, 0.25) is 0 Å². The maximum absolute atomic E-state index is 13.1. The van der Waals surface area contributed by atoms with Crippen molar-refractivity contribution in [2.75, 3.05) is 12.3 Å². The Bertz CT molecular complexity index is 415. The van der Waals surface area contributed by atoms with Crippen molar-refractivity contribution in [3.63, 3.8) is 0 Å². The molecule has 1 heterocycles. The Labute approximate surface area is 91.6 Å². The zero-order valence-corrected chi connectivity index (χ0v) is 8.89. The fourth-order valence-corrected chi connectivity index (χ4v) is 2.95. The zero-order chi connectivity index (χ0) is 10.7. The van der Waals surface area contributed by atoms with Gasteiger partial charge in [-0.1, -0.05) is 0 Å². The van der Waals surface area contributed by atoms with Crippen LogP contribution in [0.5, 0.6) is 0 Å². The van der Waals surface area contributed by atoms with Crippen molar-refractivity contribution >= 4 is 17.8 Å². The van der Waals surface area contributed by atoms with Crippen LogP contribution >= 0.6 is 11.8 Å². The lowest BCUT2D eigenvalue weighted by Crippen LogP contribution is -2.10. The van der Waals surface area contributed by atoms with Gasteiger partial charge < -0.3 is 0 Å². The number of isocyanates is 1. The van der Waals surface area contributed by atoms with Crippen LogP contribution in [0.3, 0.4) is 0 Å². The van der Waals surface area contributed by atoms with Gasteiger partial charge in [0.05, 0.1) is 6.54 Å². The van der Waals surface area contributed by atoms with E-state index in [1.165, 1.54) is 12.1 Å². The second-order valence-electron chi connectivity index (χ2n) is 3.45. The number of benzene rings is 1. The number of halogens is 1. The van der Waals surface area contributed by atoms with Gasteiger partial charge in [0, 0.05) is 10.8 Å². The highest BCUT2D eigenvalue weighted by atomic mass is 32.2. The molecule has 0 aliphatic carbocycles. The third-order valence-electron chi connectivity index (χ3n) is 2.51. The first-order valence-corrected chi connectivity index (χ1v) is 5.75. The van der Waals surface area contributed by atoms with E-state index in [4.69, 9.17) is 0 Å². The lowest BCUT2D eigenvalue weighted by atomic mass is 9.96. The zero-order valence-electron chi connectivity index (χ0n) is 8.07. The number of thioether (sulfide) groups is 1. The lowest BCUT2D eigenvalue weighted by molar-refractivity contribution is 0.558. The summed E-state index contributed by atoms with van der Waals surface area (Å²) in [6.07, 6.45) is 2.47. The minimum Gasteiger partial charge on any atom is -0.211 e. The molecule has 0 bridgehead atoms. The van der Waals surface area contributed by atoms with Crippen LogP contribution in [0.15, 0.2) is 28.1 Å². The second kappa shape index (κ2) is 4.60. The van der Waals surface area contributed by atoms with Crippen LogP contribution < -0.4 is 0 Å². The SMILES string of the molecule is O=C=NCC1CCSc2ccc(F)cc21. The first-order valence-electron chi connectivity index (χ1n) is 4.77. The summed E-state index contributed by atoms with van der Waals surface area (Å²) in [6.45, 7) is 0.417. The normalized spacial score (nSPS) is 19.1. The van der Waals surface area contributed by atoms with Crippen LogP contribution in [0.1, 0.15) is 17.9 Å². The van der Waals surface area contributed by atoms with Crippen LogP contribution in [-0.4, -0.2) is 18.4 Å². The maximum Gasteiger partial charge on any atom is 0.234 e. The van der Waals surface area contributed by atoms with Crippen LogP contribution in [-0.2, 0) is 4.79 Å². The number of aliphatic imine (C=N–C) groups is 1. The summed E-state index contributed by atoms with van der Waals surface area (Å²) in [7, 11) is 0. The molecule has 1 aliphatic heterocycles. The predicted octanol–water partition coefficient (Wildman–Crippen LogP) is 2.74. The predicted molar refractivity (Wildman–Crippen MR) is 57.5 cm³/mol. The van der Waals surface area contributed by atoms with Gasteiger partial charge >= 0.3 is 0 Å². The average Bonchev–Trinajstić information content (AvgIpc) is 2.26. The van der Waals surface area contributed by atoms with E-state index >= 15 is 0 Å². The Morgan fingerprint density at radius 1 is 1.60 bits per heavy atom. The largest absolute Gasteiger partial charge is 0.234 e. The van der Waals surface area contributed by atoms with Gasteiger partial charge in [-0.25, -0.2) is 14.2 Å². The van der Waals surface area contributed by atoms with Crippen molar-refractivity contribution < 1.29 is 9.18 Å². The summed E-state index contributed by atoms with van der Waals surface area (Å²) < 4.78 is 13.1. The molecule has 1 aromatic rings. The number of nitrogens with zero attached hydrogens (tertiary/aromatic N) is 1. The molecule has 0 saturated carbocycles. The number of hydrogen-bond acceptors (Lipinski definition) is 3. The fraction of sp³-hybridized carbons (Fsp3) is 0.364. The van der Waals surface area contributed by atoms with Crippen molar-refractivity contribution in [1.82, 2.24) is 0 Å². The van der Waals surface area contributed by atoms with Gasteiger partial charge in [0.15, 0.2) is 0 Å². The molecule has 0 amide bonds. The molecule has 0 spiro atoms. The number of hydrogen-bond donors (Lipinski definition) is 0. The molecule has 1 aromatic carbocycles. The molecule has 4 heteroatoms. The topological polar surface area (TPSA) is 29.4 Å². The van der Waals surface area contributed by atoms with Crippen molar-refractivity contribution in [2.24, 2.45) is 4.99 Å². The second-order valence-corrected chi connectivity index (χ2v) is 4.58. The number of rotatable bonds is 2. The Morgan fingerprint density at radius 2 is 2.47 bits per heavy atom. The van der Waals surface area contributed by atoms with Crippen LogP contribution in [0.4, 0.5) is 4.39 Å². The molecule has 1 unspecified atom stereocenters. The molecule has 0 radical (unpaired) electrons. The van der Waals surface area contributed by atoms with E-state index < -0.39 is 0 Å². The summed E-state index contributed by atoms with van der Waals surface area (Å²) in [6, 6.07) is 4.82. The molecule has 0 fully saturated rings. The smallest absolute Gasteiger partial charge is 0.211 e. The molecule has 2 rings (SSSR count). The molecule has 15 heavy (non-hydrogen) atoms. The van der Waals surface area contributed by atoms with Crippen LogP contribution in [0, 0.1) is 5.82 Å². The molecule has 1 aliphatic rings. The summed E-state index contributed by atoms with van der Waals surface area (Å²) in [5.41, 5.74) is 0.977. The Balaban J connectivity index is 2.31. The van der Waals surface area contributed by atoms with E-state index in [-0.39, 0.29) is 11.7 Å². The van der Waals surface area contributed by atoms with Gasteiger partial charge in [0.1, 0.15) is 5.82 Å². The molecule has 0 aromatic heterocycles. The first-order chi connectivity index (χ1) is 7.31. The summed E-state index contributed by atoms with van der Waals surface area (Å²) >= 11 is 1.73. The number of fused-ring (bicyclic) bond motifs is 1. The highest BCUT2D eigenvalue weighted by Crippen LogP contribution is 2.37. The molecule has 2 nitrogen and oxygen atoms in total. The number of carbonyl (C=O) groups excluding carboxylic acids is 1. The van der Waals surface area contributed by atoms with Gasteiger partial charge in [-0.05, 0) is 35.9 Å². The summed E-state index contributed by atoms with van der Waals surface area (Å²) in [5.74, 6) is 0.937. The highest BCUT2D eigenvalue weighted by molar-refractivity contribution is 7.99. The van der Waals surface area contributed by atoms with Crippen molar-refractivity contribution in [2.45, 2.75) is 17.2 Å².